The number of aromatic nitrogens is 1. The van der Waals surface area contributed by atoms with Gasteiger partial charge in [0.15, 0.2) is 5.76 Å². The minimum Gasteiger partial charge on any atom is -0.497 e. The highest BCUT2D eigenvalue weighted by Gasteiger charge is 2.31. The zero-order chi connectivity index (χ0) is 21.0. The number of alkyl halides is 2. The third kappa shape index (κ3) is 4.43. The van der Waals surface area contributed by atoms with Crippen molar-refractivity contribution in [1.82, 2.24) is 5.16 Å². The van der Waals surface area contributed by atoms with E-state index in [4.69, 9.17) is 14.0 Å². The summed E-state index contributed by atoms with van der Waals surface area (Å²) in [6.45, 7) is -0.332. The predicted octanol–water partition coefficient (Wildman–Crippen LogP) is 3.70. The molecule has 29 heavy (non-hydrogen) atoms. The summed E-state index contributed by atoms with van der Waals surface area (Å²) in [5.74, 6) is -3.64. The van der Waals surface area contributed by atoms with Crippen LogP contribution in [-0.2, 0) is 21.2 Å². The van der Waals surface area contributed by atoms with Crippen LogP contribution in [0.5, 0.6) is 5.75 Å². The Hall–Kier alpha value is -3.27. The normalized spacial score (nSPS) is 11.4. The van der Waals surface area contributed by atoms with Gasteiger partial charge in [-0.15, -0.1) is 0 Å². The van der Waals surface area contributed by atoms with E-state index in [1.807, 2.05) is 0 Å². The van der Waals surface area contributed by atoms with Gasteiger partial charge in [0.05, 0.1) is 17.6 Å². The third-order valence-corrected chi connectivity index (χ3v) is 5.37. The van der Waals surface area contributed by atoms with Crippen LogP contribution >= 0.6 is 0 Å². The summed E-state index contributed by atoms with van der Waals surface area (Å²) in [7, 11) is -3.41. The number of sulfone groups is 1. The molecule has 0 fully saturated rings. The second kappa shape index (κ2) is 8.39. The van der Waals surface area contributed by atoms with Crippen molar-refractivity contribution in [3.8, 4) is 17.1 Å². The molecular weight excluding hydrogens is 408 g/mol. The highest BCUT2D eigenvalue weighted by molar-refractivity contribution is 7.91. The van der Waals surface area contributed by atoms with Crippen molar-refractivity contribution in [3.05, 3.63) is 65.9 Å². The Morgan fingerprint density at radius 1 is 1.14 bits per heavy atom. The second-order valence-corrected chi connectivity index (χ2v) is 7.68. The summed E-state index contributed by atoms with van der Waals surface area (Å²) in [5.41, 5.74) is 0.495. The molecule has 0 aliphatic heterocycles. The second-order valence-electron chi connectivity index (χ2n) is 5.79. The number of methoxy groups -OCH3 is 1. The van der Waals surface area contributed by atoms with Gasteiger partial charge in [0.2, 0.25) is 9.84 Å². The Morgan fingerprint density at radius 2 is 1.83 bits per heavy atom. The van der Waals surface area contributed by atoms with Gasteiger partial charge in [0, 0.05) is 11.6 Å². The minimum absolute atomic E-state index is 0.262. The molecule has 1 aromatic heterocycles. The lowest BCUT2D eigenvalue weighted by molar-refractivity contribution is 0.0459. The predicted molar refractivity (Wildman–Crippen MR) is 97.2 cm³/mol. The molecule has 152 valence electrons. The van der Waals surface area contributed by atoms with E-state index >= 15 is 0 Å². The molecule has 0 saturated carbocycles. The van der Waals surface area contributed by atoms with E-state index in [1.165, 1.54) is 18.2 Å². The number of benzene rings is 2. The molecule has 3 aromatic rings. The Morgan fingerprint density at radius 3 is 2.48 bits per heavy atom. The average molecular weight is 423 g/mol. The zero-order valence-corrected chi connectivity index (χ0v) is 15.9. The van der Waals surface area contributed by atoms with E-state index in [9.17, 15) is 22.0 Å². The maximum atomic E-state index is 12.8. The summed E-state index contributed by atoms with van der Waals surface area (Å²) in [6.07, 6.45) is 0. The maximum absolute atomic E-state index is 12.8. The first-order chi connectivity index (χ1) is 13.8. The number of nitrogens with zero attached hydrogens (tertiary/aromatic N) is 1. The van der Waals surface area contributed by atoms with Crippen LogP contribution in [0, 0.1) is 0 Å². The van der Waals surface area contributed by atoms with E-state index in [0.717, 1.165) is 12.1 Å². The van der Waals surface area contributed by atoms with Crippen molar-refractivity contribution < 1.29 is 36.0 Å². The lowest BCUT2D eigenvalue weighted by Crippen LogP contribution is -2.17. The molecule has 7 nitrogen and oxygen atoms in total. The first-order valence-electron chi connectivity index (χ1n) is 8.21. The average Bonchev–Trinajstić information content (AvgIpc) is 3.21. The highest BCUT2D eigenvalue weighted by atomic mass is 32.2. The smallest absolute Gasteiger partial charge is 0.341 e. The van der Waals surface area contributed by atoms with E-state index in [0.29, 0.717) is 17.1 Å². The number of hydrogen-bond donors (Lipinski definition) is 0. The SMILES string of the molecule is COc1ccc(-c2cc(COC(=O)c3ccccc3S(=O)(=O)C(F)F)no2)cc1. The fourth-order valence-corrected chi connectivity index (χ4v) is 3.39. The standard InChI is InChI=1S/C19H15F2NO6S/c1-26-14-8-6-12(7-9-14)16-10-13(22-28-16)11-27-18(23)15-4-2-3-5-17(15)29(24,25)19(20)21/h2-10,19H,11H2,1H3. The minimum atomic E-state index is -4.95. The van der Waals surface area contributed by atoms with E-state index in [-0.39, 0.29) is 12.3 Å². The van der Waals surface area contributed by atoms with Gasteiger partial charge in [-0.25, -0.2) is 13.2 Å². The lowest BCUT2D eigenvalue weighted by Gasteiger charge is -2.09. The molecule has 0 unspecified atom stereocenters. The largest absolute Gasteiger partial charge is 0.497 e. The molecule has 3 rings (SSSR count). The summed E-state index contributed by atoms with van der Waals surface area (Å²) < 4.78 is 64.4. The van der Waals surface area contributed by atoms with E-state index in [1.54, 1.807) is 31.4 Å². The van der Waals surface area contributed by atoms with Gasteiger partial charge in [-0.1, -0.05) is 17.3 Å². The summed E-state index contributed by atoms with van der Waals surface area (Å²) in [5, 5.41) is 3.78. The Balaban J connectivity index is 1.73. The van der Waals surface area contributed by atoms with E-state index < -0.39 is 32.0 Å². The van der Waals surface area contributed by atoms with Gasteiger partial charge in [-0.05, 0) is 36.4 Å². The van der Waals surface area contributed by atoms with Crippen molar-refractivity contribution in [3.63, 3.8) is 0 Å². The van der Waals surface area contributed by atoms with Crippen LogP contribution in [0.25, 0.3) is 11.3 Å². The molecular formula is C19H15F2NO6S. The van der Waals surface area contributed by atoms with Gasteiger partial charge in [-0.3, -0.25) is 0 Å². The summed E-state index contributed by atoms with van der Waals surface area (Å²) >= 11 is 0. The van der Waals surface area contributed by atoms with Gasteiger partial charge in [0.1, 0.15) is 18.1 Å². The molecule has 0 amide bonds. The molecule has 10 heteroatoms. The number of hydrogen-bond acceptors (Lipinski definition) is 7. The number of carbonyl (C=O) groups is 1. The molecule has 0 aliphatic rings. The molecule has 0 bridgehead atoms. The first kappa shape index (κ1) is 20.5. The van der Waals surface area contributed by atoms with Crippen molar-refractivity contribution in [2.45, 2.75) is 17.3 Å². The lowest BCUT2D eigenvalue weighted by atomic mass is 10.1. The Labute approximate surface area is 164 Å². The number of halogens is 2. The molecule has 0 atom stereocenters. The van der Waals surface area contributed by atoms with Crippen LogP contribution in [0.3, 0.4) is 0 Å². The van der Waals surface area contributed by atoms with Gasteiger partial charge in [-0.2, -0.15) is 8.78 Å². The van der Waals surface area contributed by atoms with Gasteiger partial charge < -0.3 is 14.0 Å². The maximum Gasteiger partial charge on any atom is 0.341 e. The topological polar surface area (TPSA) is 95.7 Å². The number of rotatable bonds is 7. The zero-order valence-electron chi connectivity index (χ0n) is 15.0. The fourth-order valence-electron chi connectivity index (χ4n) is 2.47. The van der Waals surface area contributed by atoms with E-state index in [2.05, 4.69) is 5.16 Å². The van der Waals surface area contributed by atoms with Crippen LogP contribution in [0.15, 0.2) is 64.0 Å². The summed E-state index contributed by atoms with van der Waals surface area (Å²) in [4.78, 5) is 11.5. The molecule has 1 heterocycles. The van der Waals surface area contributed by atoms with Crippen LogP contribution in [0.2, 0.25) is 0 Å². The van der Waals surface area contributed by atoms with Gasteiger partial charge in [0.25, 0.3) is 0 Å². The number of ether oxygens (including phenoxy) is 2. The summed E-state index contributed by atoms with van der Waals surface area (Å²) in [6, 6.07) is 13.1. The third-order valence-electron chi connectivity index (χ3n) is 3.93. The molecule has 0 aliphatic carbocycles. The fraction of sp³-hybridized carbons (Fsp3) is 0.158. The number of carbonyl (C=O) groups excluding carboxylic acids is 1. The monoisotopic (exact) mass is 423 g/mol. The molecule has 0 saturated heterocycles. The van der Waals surface area contributed by atoms with Crippen molar-refractivity contribution in [1.29, 1.82) is 0 Å². The Kier molecular flexibility index (Phi) is 5.92. The molecule has 0 spiro atoms. The number of esters is 1. The quantitative estimate of drug-likeness (QED) is 0.535. The van der Waals surface area contributed by atoms with Crippen molar-refractivity contribution in [2.24, 2.45) is 0 Å². The highest BCUT2D eigenvalue weighted by Crippen LogP contribution is 2.25. The Bertz CT molecular complexity index is 1110. The first-order valence-corrected chi connectivity index (χ1v) is 9.76. The van der Waals surface area contributed by atoms with Crippen LogP contribution in [0.4, 0.5) is 8.78 Å². The van der Waals surface area contributed by atoms with Crippen LogP contribution in [0.1, 0.15) is 16.1 Å². The molecule has 0 radical (unpaired) electrons. The van der Waals surface area contributed by atoms with Crippen molar-refractivity contribution >= 4 is 15.8 Å². The molecule has 2 aromatic carbocycles. The van der Waals surface area contributed by atoms with Crippen LogP contribution < -0.4 is 4.74 Å². The van der Waals surface area contributed by atoms with Crippen molar-refractivity contribution in [2.75, 3.05) is 7.11 Å². The molecule has 0 N–H and O–H groups in total. The van der Waals surface area contributed by atoms with Gasteiger partial charge >= 0.3 is 11.7 Å². The van der Waals surface area contributed by atoms with Crippen LogP contribution in [-0.4, -0.2) is 32.4 Å².